The maximum absolute atomic E-state index is 13.0. The zero-order valence-electron chi connectivity index (χ0n) is 14.2. The van der Waals surface area contributed by atoms with Gasteiger partial charge < -0.3 is 4.90 Å². The third-order valence-corrected chi connectivity index (χ3v) is 6.39. The van der Waals surface area contributed by atoms with Crippen LogP contribution in [0.5, 0.6) is 0 Å². The van der Waals surface area contributed by atoms with Gasteiger partial charge in [0, 0.05) is 19.1 Å². The highest BCUT2D eigenvalue weighted by Crippen LogP contribution is 2.48. The van der Waals surface area contributed by atoms with E-state index in [2.05, 4.69) is 0 Å². The lowest BCUT2D eigenvalue weighted by Gasteiger charge is -2.10. The molecule has 0 bridgehead atoms. The van der Waals surface area contributed by atoms with E-state index >= 15 is 0 Å². The van der Waals surface area contributed by atoms with E-state index < -0.39 is 22.1 Å². The standard InChI is InChI=1S/C18H19ClN2O3S/c1-12-4-10-15(11-5-12)25(23,24)21-16(17(21)18(22)20(2)3)13-6-8-14(19)9-7-13/h4-11,16-17H,1-3H3/t16-,17-,21?/m0/s1. The van der Waals surface area contributed by atoms with E-state index in [9.17, 15) is 13.2 Å². The average molecular weight is 379 g/mol. The minimum Gasteiger partial charge on any atom is -0.347 e. The number of likely N-dealkylation sites (N-methyl/N-ethyl adjacent to an activating group) is 1. The lowest BCUT2D eigenvalue weighted by Crippen LogP contribution is -2.30. The molecule has 1 saturated heterocycles. The molecular formula is C18H19ClN2O3S. The molecule has 0 spiro atoms. The number of nitrogens with zero attached hydrogens (tertiary/aromatic N) is 2. The summed E-state index contributed by atoms with van der Waals surface area (Å²) < 4.78 is 27.3. The van der Waals surface area contributed by atoms with Crippen LogP contribution in [0, 0.1) is 6.92 Å². The molecule has 7 heteroatoms. The highest BCUT2D eigenvalue weighted by Gasteiger charge is 2.60. The summed E-state index contributed by atoms with van der Waals surface area (Å²) in [5, 5.41) is 0.563. The van der Waals surface area contributed by atoms with Crippen molar-refractivity contribution in [3.8, 4) is 0 Å². The van der Waals surface area contributed by atoms with Crippen LogP contribution in [0.1, 0.15) is 17.2 Å². The van der Waals surface area contributed by atoms with Crippen LogP contribution in [0.4, 0.5) is 0 Å². The third-order valence-electron chi connectivity index (χ3n) is 4.26. The van der Waals surface area contributed by atoms with Crippen LogP contribution in [0.15, 0.2) is 53.4 Å². The molecule has 1 heterocycles. The molecule has 2 aromatic carbocycles. The van der Waals surface area contributed by atoms with Gasteiger partial charge in [-0.3, -0.25) is 4.79 Å². The monoisotopic (exact) mass is 378 g/mol. The molecule has 132 valence electrons. The normalized spacial score (nSPS) is 22.5. The Bertz CT molecular complexity index is 893. The van der Waals surface area contributed by atoms with E-state index in [0.29, 0.717) is 5.02 Å². The number of carbonyl (C=O) groups is 1. The van der Waals surface area contributed by atoms with Gasteiger partial charge in [0.2, 0.25) is 15.9 Å². The van der Waals surface area contributed by atoms with E-state index in [0.717, 1.165) is 11.1 Å². The number of amides is 1. The van der Waals surface area contributed by atoms with Gasteiger partial charge in [-0.25, -0.2) is 8.42 Å². The van der Waals surface area contributed by atoms with Crippen molar-refractivity contribution in [2.75, 3.05) is 14.1 Å². The molecule has 3 atom stereocenters. The highest BCUT2D eigenvalue weighted by molar-refractivity contribution is 7.89. The zero-order valence-corrected chi connectivity index (χ0v) is 15.8. The molecule has 1 unspecified atom stereocenters. The van der Waals surface area contributed by atoms with Crippen molar-refractivity contribution < 1.29 is 13.2 Å². The second kappa shape index (κ2) is 6.44. The Labute approximate surface area is 152 Å². The number of aryl methyl sites for hydroxylation is 1. The molecule has 0 saturated carbocycles. The Kier molecular flexibility index (Phi) is 4.62. The van der Waals surface area contributed by atoms with Crippen LogP contribution in [-0.4, -0.2) is 43.7 Å². The minimum atomic E-state index is -3.76. The smallest absolute Gasteiger partial charge is 0.244 e. The first kappa shape index (κ1) is 17.9. The molecule has 0 aromatic heterocycles. The number of rotatable bonds is 4. The molecule has 1 fully saturated rings. The van der Waals surface area contributed by atoms with Crippen LogP contribution in [-0.2, 0) is 14.8 Å². The molecular weight excluding hydrogens is 360 g/mol. The average Bonchev–Trinajstić information content (AvgIpc) is 3.31. The van der Waals surface area contributed by atoms with Gasteiger partial charge in [0.15, 0.2) is 0 Å². The van der Waals surface area contributed by atoms with Crippen molar-refractivity contribution in [3.63, 3.8) is 0 Å². The number of sulfonamides is 1. The highest BCUT2D eigenvalue weighted by atomic mass is 35.5. The fourth-order valence-electron chi connectivity index (χ4n) is 2.84. The third kappa shape index (κ3) is 3.29. The first-order valence-electron chi connectivity index (χ1n) is 7.80. The molecule has 1 aliphatic heterocycles. The second-order valence-corrected chi connectivity index (χ2v) is 8.60. The molecule has 0 aliphatic carbocycles. The molecule has 1 aliphatic rings. The van der Waals surface area contributed by atoms with Crippen LogP contribution in [0.25, 0.3) is 0 Å². The molecule has 25 heavy (non-hydrogen) atoms. The number of carbonyl (C=O) groups excluding carboxylic acids is 1. The largest absolute Gasteiger partial charge is 0.347 e. The van der Waals surface area contributed by atoms with Crippen molar-refractivity contribution in [3.05, 3.63) is 64.7 Å². The molecule has 0 radical (unpaired) electrons. The SMILES string of the molecule is Cc1ccc(S(=O)(=O)N2[C@H](C(=O)N(C)C)[C@@H]2c2ccc(Cl)cc2)cc1. The van der Waals surface area contributed by atoms with Gasteiger partial charge in [0.25, 0.3) is 0 Å². The number of benzene rings is 2. The van der Waals surface area contributed by atoms with Crippen molar-refractivity contribution >= 4 is 27.5 Å². The van der Waals surface area contributed by atoms with E-state index in [1.807, 2.05) is 6.92 Å². The summed E-state index contributed by atoms with van der Waals surface area (Å²) in [7, 11) is -0.522. The number of hydrogen-bond acceptors (Lipinski definition) is 3. The van der Waals surface area contributed by atoms with E-state index in [4.69, 9.17) is 11.6 Å². The van der Waals surface area contributed by atoms with Gasteiger partial charge in [-0.1, -0.05) is 41.4 Å². The maximum Gasteiger partial charge on any atom is 0.244 e. The molecule has 5 nitrogen and oxygen atoms in total. The van der Waals surface area contributed by atoms with Crippen molar-refractivity contribution in [1.82, 2.24) is 9.21 Å². The quantitative estimate of drug-likeness (QED) is 0.769. The van der Waals surface area contributed by atoms with Crippen LogP contribution in [0.3, 0.4) is 0 Å². The summed E-state index contributed by atoms with van der Waals surface area (Å²) >= 11 is 5.92. The van der Waals surface area contributed by atoms with Crippen molar-refractivity contribution in [1.29, 1.82) is 0 Å². The summed E-state index contributed by atoms with van der Waals surface area (Å²) in [6.07, 6.45) is 0. The minimum absolute atomic E-state index is 0.186. The summed E-state index contributed by atoms with van der Waals surface area (Å²) in [4.78, 5) is 14.1. The maximum atomic E-state index is 13.0. The molecule has 1 amide bonds. The zero-order chi connectivity index (χ0) is 18.4. The fourth-order valence-corrected chi connectivity index (χ4v) is 4.68. The molecule has 3 rings (SSSR count). The van der Waals surface area contributed by atoms with Crippen molar-refractivity contribution in [2.24, 2.45) is 0 Å². The number of hydrogen-bond donors (Lipinski definition) is 0. The van der Waals surface area contributed by atoms with Crippen LogP contribution < -0.4 is 0 Å². The molecule has 2 aromatic rings. The lowest BCUT2D eigenvalue weighted by atomic mass is 10.1. The number of halogens is 1. The van der Waals surface area contributed by atoms with E-state index in [1.165, 1.54) is 9.21 Å². The Morgan fingerprint density at radius 1 is 1.04 bits per heavy atom. The van der Waals surface area contributed by atoms with Gasteiger partial charge in [-0.05, 0) is 36.8 Å². The summed E-state index contributed by atoms with van der Waals surface area (Å²) in [6.45, 7) is 1.89. The summed E-state index contributed by atoms with van der Waals surface area (Å²) in [5.41, 5.74) is 1.72. The van der Waals surface area contributed by atoms with Gasteiger partial charge in [-0.2, -0.15) is 4.31 Å². The lowest BCUT2D eigenvalue weighted by molar-refractivity contribution is -0.128. The summed E-state index contributed by atoms with van der Waals surface area (Å²) in [5.74, 6) is -0.240. The van der Waals surface area contributed by atoms with Crippen LogP contribution >= 0.6 is 11.6 Å². The molecule has 0 N–H and O–H groups in total. The van der Waals surface area contributed by atoms with E-state index in [-0.39, 0.29) is 10.8 Å². The topological polar surface area (TPSA) is 57.5 Å². The van der Waals surface area contributed by atoms with Crippen LogP contribution in [0.2, 0.25) is 5.02 Å². The van der Waals surface area contributed by atoms with Gasteiger partial charge >= 0.3 is 0 Å². The first-order chi connectivity index (χ1) is 11.7. The summed E-state index contributed by atoms with van der Waals surface area (Å²) in [6, 6.07) is 12.3. The van der Waals surface area contributed by atoms with Gasteiger partial charge in [0.1, 0.15) is 6.04 Å². The van der Waals surface area contributed by atoms with Gasteiger partial charge in [-0.15, -0.1) is 0 Å². The Morgan fingerprint density at radius 2 is 1.60 bits per heavy atom. The Morgan fingerprint density at radius 3 is 2.12 bits per heavy atom. The predicted molar refractivity (Wildman–Crippen MR) is 96.9 cm³/mol. The predicted octanol–water partition coefficient (Wildman–Crippen LogP) is 2.85. The van der Waals surface area contributed by atoms with E-state index in [1.54, 1.807) is 62.6 Å². The Hall–Kier alpha value is -1.89. The first-order valence-corrected chi connectivity index (χ1v) is 9.62. The van der Waals surface area contributed by atoms with Gasteiger partial charge in [0.05, 0.1) is 10.9 Å². The Balaban J connectivity index is 2.00. The van der Waals surface area contributed by atoms with Crippen molar-refractivity contribution in [2.45, 2.75) is 23.9 Å². The second-order valence-electron chi connectivity index (χ2n) is 6.32. The fraction of sp³-hybridized carbons (Fsp3) is 0.278.